The van der Waals surface area contributed by atoms with Crippen molar-refractivity contribution in [3.8, 4) is 0 Å². The van der Waals surface area contributed by atoms with Gasteiger partial charge in [0, 0.05) is 26.1 Å². The third kappa shape index (κ3) is 7.12. The summed E-state index contributed by atoms with van der Waals surface area (Å²) in [5.74, 6) is 0.105. The van der Waals surface area contributed by atoms with Crippen molar-refractivity contribution in [3.63, 3.8) is 0 Å². The van der Waals surface area contributed by atoms with Gasteiger partial charge in [-0.25, -0.2) is 4.99 Å². The Kier molecular flexibility index (Phi) is 9.86. The summed E-state index contributed by atoms with van der Waals surface area (Å²) in [5, 5.41) is 10.9. The van der Waals surface area contributed by atoms with Crippen LogP contribution in [0.2, 0.25) is 0 Å². The van der Waals surface area contributed by atoms with E-state index >= 15 is 0 Å². The number of hydrogen-bond donors (Lipinski definition) is 1. The Hall–Kier alpha value is -1.81. The second-order valence-corrected chi connectivity index (χ2v) is 10.1. The summed E-state index contributed by atoms with van der Waals surface area (Å²) in [6.07, 6.45) is -0.452. The number of aliphatic hydroxyl groups is 1. The quantitative estimate of drug-likeness (QED) is 0.352. The van der Waals surface area contributed by atoms with E-state index in [0.29, 0.717) is 19.1 Å². The number of methoxy groups -OCH3 is 2. The maximum absolute atomic E-state index is 10.9. The molecule has 196 valence electrons. The first-order valence-corrected chi connectivity index (χ1v) is 12.2. The Labute approximate surface area is 209 Å². The molecule has 0 saturated carbocycles. The molecule has 2 aliphatic rings. The molecule has 1 aromatic carbocycles. The van der Waals surface area contributed by atoms with Gasteiger partial charge in [-0.1, -0.05) is 50.3 Å². The number of rotatable bonds is 12. The fourth-order valence-electron chi connectivity index (χ4n) is 4.55. The molecule has 0 spiro atoms. The van der Waals surface area contributed by atoms with Crippen molar-refractivity contribution in [2.24, 2.45) is 16.8 Å². The number of aliphatic imine (C=N–C) groups is 1. The van der Waals surface area contributed by atoms with Gasteiger partial charge < -0.3 is 33.5 Å². The highest BCUT2D eigenvalue weighted by atomic mass is 16.7. The molecule has 0 radical (unpaired) electrons. The molecule has 0 aromatic heterocycles. The molecule has 0 unspecified atom stereocenters. The number of ether oxygens (including phenoxy) is 6. The van der Waals surface area contributed by atoms with Gasteiger partial charge in [-0.2, -0.15) is 0 Å². The smallest absolute Gasteiger partial charge is 0.214 e. The third-order valence-electron chi connectivity index (χ3n) is 6.46. The van der Waals surface area contributed by atoms with Crippen LogP contribution in [0.5, 0.6) is 0 Å². The SMILES string of the molecule is COCO[C@H](/C(C)=C/[C@@H](C)[C@H](O)C1=NC(C)(C)CO1)[C@H]1O[C@H](OC)[C@@H](C)[C@@H]1OCc1ccccc1. The van der Waals surface area contributed by atoms with Crippen LogP contribution in [-0.2, 0) is 35.0 Å². The molecule has 1 saturated heterocycles. The lowest BCUT2D eigenvalue weighted by molar-refractivity contribution is -0.172. The Morgan fingerprint density at radius 2 is 1.97 bits per heavy atom. The maximum Gasteiger partial charge on any atom is 0.214 e. The van der Waals surface area contributed by atoms with Crippen molar-refractivity contribution in [2.75, 3.05) is 27.6 Å². The Bertz CT molecular complexity index is 856. The molecule has 1 N–H and O–H groups in total. The molecule has 1 aromatic rings. The molecule has 8 nitrogen and oxygen atoms in total. The number of aliphatic hydroxyl groups excluding tert-OH is 1. The standard InChI is InChI=1S/C27H41NO7/c1-17(21(29)25-28-27(4,5)15-33-25)13-18(2)22(34-16-30-6)24-23(19(3)26(31-7)35-24)32-14-20-11-9-8-10-12-20/h8-13,17,19,21-24,26,29H,14-16H2,1-7H3/b18-13+/t17-,19+,21+,22-,23+,24-,26+/m1/s1. The lowest BCUT2D eigenvalue weighted by atomic mass is 9.92. The van der Waals surface area contributed by atoms with Crippen LogP contribution in [-0.4, -0.2) is 74.9 Å². The molecule has 8 heteroatoms. The van der Waals surface area contributed by atoms with Gasteiger partial charge in [-0.3, -0.25) is 0 Å². The average molecular weight is 492 g/mol. The van der Waals surface area contributed by atoms with E-state index in [4.69, 9.17) is 28.4 Å². The van der Waals surface area contributed by atoms with Crippen LogP contribution in [0.25, 0.3) is 0 Å². The molecule has 7 atom stereocenters. The van der Waals surface area contributed by atoms with Crippen molar-refractivity contribution >= 4 is 5.90 Å². The monoisotopic (exact) mass is 491 g/mol. The summed E-state index contributed by atoms with van der Waals surface area (Å²) in [6, 6.07) is 10.0. The van der Waals surface area contributed by atoms with E-state index in [-0.39, 0.29) is 30.3 Å². The summed E-state index contributed by atoms with van der Waals surface area (Å²) in [5.41, 5.74) is 1.65. The summed E-state index contributed by atoms with van der Waals surface area (Å²) in [7, 11) is 3.22. The second-order valence-electron chi connectivity index (χ2n) is 10.1. The Balaban J connectivity index is 1.80. The topological polar surface area (TPSA) is 88.0 Å². The van der Waals surface area contributed by atoms with E-state index < -0.39 is 24.6 Å². The molecule has 1 fully saturated rings. The molecule has 35 heavy (non-hydrogen) atoms. The van der Waals surface area contributed by atoms with Crippen LogP contribution in [0.15, 0.2) is 47.0 Å². The first-order chi connectivity index (χ1) is 16.7. The fraction of sp³-hybridized carbons (Fsp3) is 0.667. The summed E-state index contributed by atoms with van der Waals surface area (Å²) < 4.78 is 35.2. The van der Waals surface area contributed by atoms with E-state index in [2.05, 4.69) is 11.9 Å². The van der Waals surface area contributed by atoms with Gasteiger partial charge in [-0.15, -0.1) is 0 Å². The second kappa shape index (κ2) is 12.4. The van der Waals surface area contributed by atoms with Gasteiger partial charge >= 0.3 is 0 Å². The summed E-state index contributed by atoms with van der Waals surface area (Å²) >= 11 is 0. The zero-order valence-electron chi connectivity index (χ0n) is 22.0. The highest BCUT2D eigenvalue weighted by molar-refractivity contribution is 5.83. The first kappa shape index (κ1) is 27.8. The van der Waals surface area contributed by atoms with E-state index in [0.717, 1.165) is 11.1 Å². The van der Waals surface area contributed by atoms with Crippen LogP contribution in [0.1, 0.15) is 40.2 Å². The predicted octanol–water partition coefficient (Wildman–Crippen LogP) is 3.72. The minimum absolute atomic E-state index is 0.0124. The van der Waals surface area contributed by atoms with Crippen LogP contribution in [0, 0.1) is 11.8 Å². The average Bonchev–Trinajstić information content (AvgIpc) is 3.36. The zero-order valence-corrected chi connectivity index (χ0v) is 22.0. The van der Waals surface area contributed by atoms with Gasteiger partial charge in [0.15, 0.2) is 6.29 Å². The van der Waals surface area contributed by atoms with E-state index in [1.165, 1.54) is 0 Å². The van der Waals surface area contributed by atoms with Crippen molar-refractivity contribution in [3.05, 3.63) is 47.5 Å². The van der Waals surface area contributed by atoms with Gasteiger partial charge in [0.05, 0.1) is 18.2 Å². The molecule has 0 amide bonds. The van der Waals surface area contributed by atoms with E-state index in [1.54, 1.807) is 14.2 Å². The highest BCUT2D eigenvalue weighted by Crippen LogP contribution is 2.35. The molecule has 2 aliphatic heterocycles. The van der Waals surface area contributed by atoms with Crippen LogP contribution < -0.4 is 0 Å². The van der Waals surface area contributed by atoms with E-state index in [9.17, 15) is 5.11 Å². The normalized spacial score (nSPS) is 28.9. The molecule has 3 rings (SSSR count). The molecule has 0 bridgehead atoms. The predicted molar refractivity (Wildman–Crippen MR) is 133 cm³/mol. The van der Waals surface area contributed by atoms with Crippen molar-refractivity contribution in [1.82, 2.24) is 0 Å². The van der Waals surface area contributed by atoms with Gasteiger partial charge in [0.1, 0.15) is 31.7 Å². The van der Waals surface area contributed by atoms with Crippen LogP contribution >= 0.6 is 0 Å². The number of nitrogens with zero attached hydrogens (tertiary/aromatic N) is 1. The summed E-state index contributed by atoms with van der Waals surface area (Å²) in [6.45, 7) is 10.9. The van der Waals surface area contributed by atoms with Gasteiger partial charge in [-0.05, 0) is 31.9 Å². The molecule has 0 aliphatic carbocycles. The zero-order chi connectivity index (χ0) is 25.6. The fourth-order valence-corrected chi connectivity index (χ4v) is 4.55. The van der Waals surface area contributed by atoms with E-state index in [1.807, 2.05) is 64.1 Å². The third-order valence-corrected chi connectivity index (χ3v) is 6.46. The largest absolute Gasteiger partial charge is 0.477 e. The van der Waals surface area contributed by atoms with Gasteiger partial charge in [0.25, 0.3) is 0 Å². The number of hydrogen-bond acceptors (Lipinski definition) is 8. The first-order valence-electron chi connectivity index (χ1n) is 12.2. The minimum Gasteiger partial charge on any atom is -0.477 e. The van der Waals surface area contributed by atoms with Crippen LogP contribution in [0.3, 0.4) is 0 Å². The van der Waals surface area contributed by atoms with Crippen molar-refractivity contribution < 1.29 is 33.5 Å². The molecular formula is C27H41NO7. The highest BCUT2D eigenvalue weighted by Gasteiger charge is 2.47. The lowest BCUT2D eigenvalue weighted by Crippen LogP contribution is -2.41. The Morgan fingerprint density at radius 3 is 2.57 bits per heavy atom. The molecule has 2 heterocycles. The van der Waals surface area contributed by atoms with Crippen molar-refractivity contribution in [2.45, 2.75) is 77.5 Å². The Morgan fingerprint density at radius 1 is 1.26 bits per heavy atom. The number of benzene rings is 1. The maximum atomic E-state index is 10.9. The lowest BCUT2D eigenvalue weighted by Gasteiger charge is -2.30. The van der Waals surface area contributed by atoms with Gasteiger partial charge in [0.2, 0.25) is 5.90 Å². The van der Waals surface area contributed by atoms with Crippen molar-refractivity contribution in [1.29, 1.82) is 0 Å². The van der Waals surface area contributed by atoms with Crippen LogP contribution in [0.4, 0.5) is 0 Å². The minimum atomic E-state index is -0.852. The molecular weight excluding hydrogens is 450 g/mol. The summed E-state index contributed by atoms with van der Waals surface area (Å²) in [4.78, 5) is 4.52.